The van der Waals surface area contributed by atoms with Gasteiger partial charge < -0.3 is 14.4 Å². The van der Waals surface area contributed by atoms with Gasteiger partial charge in [0, 0.05) is 24.2 Å². The summed E-state index contributed by atoms with van der Waals surface area (Å²) in [4.78, 5) is 31.3. The van der Waals surface area contributed by atoms with E-state index in [0.717, 1.165) is 31.5 Å². The van der Waals surface area contributed by atoms with Crippen LogP contribution in [0.15, 0.2) is 58.8 Å². The number of hydrogen-bond donors (Lipinski definition) is 0. The standard InChI is InChI=1S/C23H24N2O4/c1-15-9-11-25(12-10-15)23(27)17-7-8-20-18(13-17)24-22(26)21(29-20)14-16-5-3-4-6-19(16)28-2/h3-8,13-15,20H,9-12H2,1-2H3/b21-14-. The lowest BCUT2D eigenvalue weighted by molar-refractivity contribution is -0.128. The van der Waals surface area contributed by atoms with E-state index in [1.165, 1.54) is 0 Å². The number of rotatable bonds is 3. The topological polar surface area (TPSA) is 68.2 Å². The summed E-state index contributed by atoms with van der Waals surface area (Å²) >= 11 is 0. The van der Waals surface area contributed by atoms with Gasteiger partial charge in [0.15, 0.2) is 11.9 Å². The van der Waals surface area contributed by atoms with Gasteiger partial charge in [0.25, 0.3) is 5.91 Å². The zero-order chi connectivity index (χ0) is 20.4. The number of methoxy groups -OCH3 is 1. The molecule has 2 heterocycles. The number of benzene rings is 1. The highest BCUT2D eigenvalue weighted by Crippen LogP contribution is 2.27. The number of carbonyl (C=O) groups excluding carboxylic acids is 2. The quantitative estimate of drug-likeness (QED) is 0.741. The van der Waals surface area contributed by atoms with Crippen LogP contribution in [-0.4, -0.2) is 48.7 Å². The minimum absolute atomic E-state index is 0.0166. The van der Waals surface area contributed by atoms with Gasteiger partial charge in [0.1, 0.15) is 5.75 Å². The van der Waals surface area contributed by atoms with Gasteiger partial charge >= 0.3 is 5.91 Å². The number of piperidine rings is 1. The molecule has 3 aliphatic rings. The maximum atomic E-state index is 12.8. The summed E-state index contributed by atoms with van der Waals surface area (Å²) in [7, 11) is 1.58. The van der Waals surface area contributed by atoms with Crippen LogP contribution in [0.4, 0.5) is 0 Å². The third-order valence-corrected chi connectivity index (χ3v) is 5.48. The molecule has 0 radical (unpaired) electrons. The number of aliphatic imine (C=N–C) groups is 1. The Labute approximate surface area is 170 Å². The first kappa shape index (κ1) is 19.2. The van der Waals surface area contributed by atoms with Gasteiger partial charge in [-0.15, -0.1) is 0 Å². The first-order chi connectivity index (χ1) is 14.0. The molecule has 1 aliphatic carbocycles. The minimum Gasteiger partial charge on any atom is -0.496 e. The van der Waals surface area contributed by atoms with E-state index in [9.17, 15) is 9.59 Å². The molecule has 6 nitrogen and oxygen atoms in total. The molecule has 0 bridgehead atoms. The lowest BCUT2D eigenvalue weighted by Crippen LogP contribution is -2.39. The number of amides is 2. The smallest absolute Gasteiger partial charge is 0.312 e. The molecule has 1 saturated heterocycles. The van der Waals surface area contributed by atoms with Crippen LogP contribution in [0.5, 0.6) is 5.75 Å². The van der Waals surface area contributed by atoms with Crippen molar-refractivity contribution < 1.29 is 19.1 Å². The summed E-state index contributed by atoms with van der Waals surface area (Å²) in [5.74, 6) is 0.973. The van der Waals surface area contributed by atoms with Crippen molar-refractivity contribution in [2.24, 2.45) is 10.9 Å². The molecule has 4 rings (SSSR count). The minimum atomic E-state index is -0.480. The Morgan fingerprint density at radius 2 is 2.03 bits per heavy atom. The molecular weight excluding hydrogens is 368 g/mol. The molecule has 2 amide bonds. The zero-order valence-electron chi connectivity index (χ0n) is 16.6. The highest BCUT2D eigenvalue weighted by atomic mass is 16.5. The summed E-state index contributed by atoms with van der Waals surface area (Å²) < 4.78 is 11.2. The second kappa shape index (κ2) is 8.07. The molecule has 1 fully saturated rings. The van der Waals surface area contributed by atoms with E-state index in [2.05, 4.69) is 11.9 Å². The molecule has 0 saturated carbocycles. The van der Waals surface area contributed by atoms with Gasteiger partial charge in [-0.05, 0) is 49.1 Å². The zero-order valence-corrected chi connectivity index (χ0v) is 16.6. The number of para-hydroxylation sites is 1. The normalized spacial score (nSPS) is 23.2. The Bertz CT molecular complexity index is 949. The largest absolute Gasteiger partial charge is 0.496 e. The van der Waals surface area contributed by atoms with Gasteiger partial charge in [0.2, 0.25) is 0 Å². The predicted molar refractivity (Wildman–Crippen MR) is 110 cm³/mol. The molecule has 1 aromatic carbocycles. The van der Waals surface area contributed by atoms with Crippen LogP contribution < -0.4 is 4.74 Å². The molecule has 150 valence electrons. The number of likely N-dealkylation sites (tertiary alicyclic amines) is 1. The summed E-state index contributed by atoms with van der Waals surface area (Å²) in [6.45, 7) is 3.74. The summed E-state index contributed by atoms with van der Waals surface area (Å²) in [6.07, 6.45) is 8.40. The fourth-order valence-electron chi connectivity index (χ4n) is 3.68. The summed E-state index contributed by atoms with van der Waals surface area (Å²) in [5, 5.41) is 0. The first-order valence-corrected chi connectivity index (χ1v) is 9.88. The van der Waals surface area contributed by atoms with Crippen LogP contribution in [0.2, 0.25) is 0 Å². The fraction of sp³-hybridized carbons (Fsp3) is 0.348. The molecule has 1 unspecified atom stereocenters. The highest BCUT2D eigenvalue weighted by Gasteiger charge is 2.30. The monoisotopic (exact) mass is 392 g/mol. The molecule has 0 N–H and O–H groups in total. The average Bonchev–Trinajstić information content (AvgIpc) is 2.74. The number of nitrogens with zero attached hydrogens (tertiary/aromatic N) is 2. The second-order valence-corrected chi connectivity index (χ2v) is 7.56. The van der Waals surface area contributed by atoms with E-state index >= 15 is 0 Å². The molecule has 1 atom stereocenters. The molecule has 1 aromatic rings. The van der Waals surface area contributed by atoms with E-state index in [1.807, 2.05) is 29.2 Å². The first-order valence-electron chi connectivity index (χ1n) is 9.88. The number of ether oxygens (including phenoxy) is 2. The third kappa shape index (κ3) is 4.01. The lowest BCUT2D eigenvalue weighted by atomic mass is 9.96. The van der Waals surface area contributed by atoms with Crippen LogP contribution in [0.25, 0.3) is 6.08 Å². The van der Waals surface area contributed by atoms with Crippen molar-refractivity contribution in [3.63, 3.8) is 0 Å². The average molecular weight is 392 g/mol. The molecule has 29 heavy (non-hydrogen) atoms. The fourth-order valence-corrected chi connectivity index (χ4v) is 3.68. The number of hydrogen-bond acceptors (Lipinski definition) is 4. The molecule has 6 heteroatoms. The Morgan fingerprint density at radius 1 is 1.28 bits per heavy atom. The Kier molecular flexibility index (Phi) is 5.34. The van der Waals surface area contributed by atoms with Gasteiger partial charge in [-0.3, -0.25) is 9.59 Å². The summed E-state index contributed by atoms with van der Waals surface area (Å²) in [5.41, 5.74) is 1.74. The van der Waals surface area contributed by atoms with Gasteiger partial charge in [-0.2, -0.15) is 0 Å². The molecule has 2 aliphatic heterocycles. The molecular formula is C23H24N2O4. The van der Waals surface area contributed by atoms with Crippen LogP contribution in [0, 0.1) is 5.92 Å². The maximum absolute atomic E-state index is 12.8. The molecule has 0 aromatic heterocycles. The van der Waals surface area contributed by atoms with Crippen molar-refractivity contribution in [3.05, 3.63) is 59.4 Å². The van der Waals surface area contributed by atoms with Crippen molar-refractivity contribution in [2.75, 3.05) is 20.2 Å². The maximum Gasteiger partial charge on any atom is 0.312 e. The van der Waals surface area contributed by atoms with Crippen LogP contribution >= 0.6 is 0 Å². The molecule has 0 spiro atoms. The van der Waals surface area contributed by atoms with E-state index in [-0.39, 0.29) is 11.7 Å². The van der Waals surface area contributed by atoms with Crippen molar-refractivity contribution >= 4 is 23.6 Å². The predicted octanol–water partition coefficient (Wildman–Crippen LogP) is 3.16. The van der Waals surface area contributed by atoms with E-state index < -0.39 is 12.0 Å². The van der Waals surface area contributed by atoms with Crippen molar-refractivity contribution in [1.82, 2.24) is 4.90 Å². The van der Waals surface area contributed by atoms with E-state index in [0.29, 0.717) is 23.0 Å². The van der Waals surface area contributed by atoms with Crippen molar-refractivity contribution in [3.8, 4) is 5.75 Å². The number of carbonyl (C=O) groups is 2. The second-order valence-electron chi connectivity index (χ2n) is 7.56. The van der Waals surface area contributed by atoms with E-state index in [1.54, 1.807) is 31.4 Å². The SMILES string of the molecule is COc1ccccc1/C=C1\OC2C=CC(C(=O)N3CCC(C)CC3)=CC2=NC1=O. The van der Waals surface area contributed by atoms with Crippen LogP contribution in [0.1, 0.15) is 25.3 Å². The van der Waals surface area contributed by atoms with Crippen molar-refractivity contribution in [1.29, 1.82) is 0 Å². The lowest BCUT2D eigenvalue weighted by Gasteiger charge is -2.31. The third-order valence-electron chi connectivity index (χ3n) is 5.48. The van der Waals surface area contributed by atoms with Crippen molar-refractivity contribution in [2.45, 2.75) is 25.9 Å². The van der Waals surface area contributed by atoms with Crippen LogP contribution in [0.3, 0.4) is 0 Å². The van der Waals surface area contributed by atoms with Gasteiger partial charge in [0.05, 0.1) is 12.8 Å². The van der Waals surface area contributed by atoms with Gasteiger partial charge in [-0.25, -0.2) is 4.99 Å². The Balaban J connectivity index is 1.54. The van der Waals surface area contributed by atoms with E-state index in [4.69, 9.17) is 9.47 Å². The number of fused-ring (bicyclic) bond motifs is 1. The Morgan fingerprint density at radius 3 is 2.79 bits per heavy atom. The van der Waals surface area contributed by atoms with Crippen LogP contribution in [-0.2, 0) is 14.3 Å². The highest BCUT2D eigenvalue weighted by molar-refractivity contribution is 6.16. The Hall–Kier alpha value is -3.15. The summed E-state index contributed by atoms with van der Waals surface area (Å²) in [6, 6.07) is 7.38. The van der Waals surface area contributed by atoms with Gasteiger partial charge in [-0.1, -0.05) is 25.1 Å².